The lowest BCUT2D eigenvalue weighted by atomic mass is 9.96. The molecule has 0 saturated heterocycles. The van der Waals surface area contributed by atoms with Crippen molar-refractivity contribution in [1.29, 1.82) is 0 Å². The number of benzene rings is 2. The first-order chi connectivity index (χ1) is 10.9. The van der Waals surface area contributed by atoms with Gasteiger partial charge in [-0.05, 0) is 35.6 Å². The average molecular weight is 312 g/mol. The van der Waals surface area contributed by atoms with Gasteiger partial charge < -0.3 is 10.6 Å². The van der Waals surface area contributed by atoms with Crippen molar-refractivity contribution in [2.75, 3.05) is 13.6 Å². The topological polar surface area (TPSA) is 46.3 Å². The van der Waals surface area contributed by atoms with Gasteiger partial charge in [0.1, 0.15) is 0 Å². The average Bonchev–Trinajstić information content (AvgIpc) is 2.57. The molecule has 23 heavy (non-hydrogen) atoms. The van der Waals surface area contributed by atoms with Crippen molar-refractivity contribution in [1.82, 2.24) is 4.90 Å². The molecule has 2 aromatic rings. The number of carbonyl (C=O) groups is 1. The highest BCUT2D eigenvalue weighted by Gasteiger charge is 2.20. The fourth-order valence-corrected chi connectivity index (χ4v) is 2.74. The quantitative estimate of drug-likeness (QED) is 0.882. The van der Waals surface area contributed by atoms with Crippen LogP contribution in [0.3, 0.4) is 0 Å². The summed E-state index contributed by atoms with van der Waals surface area (Å²) in [4.78, 5) is 14.5. The Balaban J connectivity index is 2.05. The highest BCUT2D eigenvalue weighted by atomic mass is 16.2. The van der Waals surface area contributed by atoms with E-state index in [9.17, 15) is 4.79 Å². The number of hydrogen-bond donors (Lipinski definition) is 1. The monoisotopic (exact) mass is 312 g/mol. The van der Waals surface area contributed by atoms with Crippen LogP contribution in [0, 0.1) is 5.92 Å². The molecular weight excluding hydrogens is 284 g/mol. The van der Waals surface area contributed by atoms with Gasteiger partial charge in [-0.3, -0.25) is 4.79 Å². The summed E-state index contributed by atoms with van der Waals surface area (Å²) in [6, 6.07) is 14.6. The summed E-state index contributed by atoms with van der Waals surface area (Å²) in [5.41, 5.74) is 7.14. The van der Waals surface area contributed by atoms with E-state index in [1.54, 1.807) is 0 Å². The van der Waals surface area contributed by atoms with Crippen LogP contribution >= 0.6 is 0 Å². The molecule has 0 aromatic heterocycles. The second-order valence-electron chi connectivity index (χ2n) is 6.78. The molecule has 2 aromatic carbocycles. The Bertz CT molecular complexity index is 665. The second-order valence-corrected chi connectivity index (χ2v) is 6.78. The summed E-state index contributed by atoms with van der Waals surface area (Å²) in [5.74, 6) is 0.451. The van der Waals surface area contributed by atoms with Crippen LogP contribution in [0.1, 0.15) is 38.7 Å². The van der Waals surface area contributed by atoms with Crippen LogP contribution < -0.4 is 5.73 Å². The van der Waals surface area contributed by atoms with E-state index in [2.05, 4.69) is 44.2 Å². The fourth-order valence-electron chi connectivity index (χ4n) is 2.74. The second kappa shape index (κ2) is 7.60. The maximum Gasteiger partial charge on any atom is 0.229 e. The highest BCUT2D eigenvalue weighted by molar-refractivity contribution is 5.87. The van der Waals surface area contributed by atoms with Gasteiger partial charge in [0.05, 0.1) is 5.92 Å². The van der Waals surface area contributed by atoms with Crippen LogP contribution in [-0.2, 0) is 4.79 Å². The molecule has 0 aliphatic carbocycles. The molecule has 0 bridgehead atoms. The summed E-state index contributed by atoms with van der Waals surface area (Å²) in [7, 11) is 1.87. The fraction of sp³-hybridized carbons (Fsp3) is 0.450. The Hall–Kier alpha value is -1.87. The number of hydrogen-bond acceptors (Lipinski definition) is 2. The molecule has 124 valence electrons. The van der Waals surface area contributed by atoms with E-state index in [0.29, 0.717) is 12.5 Å². The van der Waals surface area contributed by atoms with Crippen LogP contribution in [0.5, 0.6) is 0 Å². The van der Waals surface area contributed by atoms with E-state index >= 15 is 0 Å². The first kappa shape index (κ1) is 17.5. The van der Waals surface area contributed by atoms with Crippen molar-refractivity contribution >= 4 is 16.7 Å². The summed E-state index contributed by atoms with van der Waals surface area (Å²) in [5, 5.41) is 2.38. The molecule has 0 aliphatic heterocycles. The van der Waals surface area contributed by atoms with Gasteiger partial charge in [-0.2, -0.15) is 0 Å². The zero-order valence-corrected chi connectivity index (χ0v) is 14.6. The smallest absolute Gasteiger partial charge is 0.229 e. The van der Waals surface area contributed by atoms with Crippen LogP contribution in [0.4, 0.5) is 0 Å². The summed E-state index contributed by atoms with van der Waals surface area (Å²) >= 11 is 0. The van der Waals surface area contributed by atoms with Gasteiger partial charge in [0.25, 0.3) is 0 Å². The lowest BCUT2D eigenvalue weighted by Crippen LogP contribution is -2.36. The van der Waals surface area contributed by atoms with Crippen LogP contribution in [0.2, 0.25) is 0 Å². The molecule has 2 atom stereocenters. The van der Waals surface area contributed by atoms with Gasteiger partial charge in [-0.15, -0.1) is 0 Å². The van der Waals surface area contributed by atoms with Gasteiger partial charge in [0, 0.05) is 19.6 Å². The molecule has 0 spiro atoms. The highest BCUT2D eigenvalue weighted by Crippen LogP contribution is 2.23. The van der Waals surface area contributed by atoms with Gasteiger partial charge in [0.2, 0.25) is 5.91 Å². The van der Waals surface area contributed by atoms with Gasteiger partial charge in [-0.25, -0.2) is 0 Å². The molecule has 0 radical (unpaired) electrons. The van der Waals surface area contributed by atoms with Crippen LogP contribution in [0.25, 0.3) is 10.8 Å². The van der Waals surface area contributed by atoms with Crippen LogP contribution in [-0.4, -0.2) is 30.4 Å². The number of nitrogens with zero attached hydrogens (tertiary/aromatic N) is 1. The number of likely N-dealkylation sites (N-methyl/N-ethyl adjacent to an activating group) is 1. The van der Waals surface area contributed by atoms with E-state index in [1.807, 2.05) is 31.0 Å². The normalized spacial score (nSPS) is 14.0. The third kappa shape index (κ3) is 4.32. The van der Waals surface area contributed by atoms with E-state index in [0.717, 1.165) is 12.0 Å². The lowest BCUT2D eigenvalue weighted by molar-refractivity contribution is -0.131. The molecule has 2 unspecified atom stereocenters. The molecule has 0 heterocycles. The van der Waals surface area contributed by atoms with Crippen LogP contribution in [0.15, 0.2) is 42.5 Å². The predicted molar refractivity (Wildman–Crippen MR) is 97.4 cm³/mol. The third-order valence-electron chi connectivity index (χ3n) is 4.67. The van der Waals surface area contributed by atoms with Crippen molar-refractivity contribution in [2.24, 2.45) is 11.7 Å². The summed E-state index contributed by atoms with van der Waals surface area (Å²) in [6.07, 6.45) is 0.838. The molecule has 3 heteroatoms. The Morgan fingerprint density at radius 2 is 1.74 bits per heavy atom. The van der Waals surface area contributed by atoms with Crippen molar-refractivity contribution in [3.8, 4) is 0 Å². The molecular formula is C20H28N2O. The zero-order chi connectivity index (χ0) is 17.0. The standard InChI is InChI=1S/C20H28N2O/c1-14(2)19(21)11-12-22(4)20(23)15(3)17-10-9-16-7-5-6-8-18(16)13-17/h5-10,13-15,19H,11-12,21H2,1-4H3. The maximum atomic E-state index is 12.6. The largest absolute Gasteiger partial charge is 0.345 e. The lowest BCUT2D eigenvalue weighted by Gasteiger charge is -2.24. The molecule has 0 saturated carbocycles. The van der Waals surface area contributed by atoms with Gasteiger partial charge in [-0.1, -0.05) is 56.3 Å². The minimum atomic E-state index is -0.139. The van der Waals surface area contributed by atoms with Crippen molar-refractivity contribution in [3.05, 3.63) is 48.0 Å². The first-order valence-corrected chi connectivity index (χ1v) is 8.39. The Kier molecular flexibility index (Phi) is 5.78. The number of nitrogens with two attached hydrogens (primary N) is 1. The third-order valence-corrected chi connectivity index (χ3v) is 4.67. The molecule has 1 amide bonds. The Morgan fingerprint density at radius 1 is 1.09 bits per heavy atom. The van der Waals surface area contributed by atoms with E-state index < -0.39 is 0 Å². The number of carbonyl (C=O) groups excluding carboxylic acids is 1. The first-order valence-electron chi connectivity index (χ1n) is 8.39. The number of amides is 1. The molecule has 3 nitrogen and oxygen atoms in total. The van der Waals surface area contributed by atoms with Crippen molar-refractivity contribution in [3.63, 3.8) is 0 Å². The summed E-state index contributed by atoms with van der Waals surface area (Å²) in [6.45, 7) is 6.91. The SMILES string of the molecule is CC(C(=O)N(C)CCC(N)C(C)C)c1ccc2ccccc2c1. The van der Waals surface area contributed by atoms with Gasteiger partial charge in [0.15, 0.2) is 0 Å². The maximum absolute atomic E-state index is 12.6. The van der Waals surface area contributed by atoms with Gasteiger partial charge >= 0.3 is 0 Å². The van der Waals surface area contributed by atoms with Crippen molar-refractivity contribution < 1.29 is 4.79 Å². The van der Waals surface area contributed by atoms with E-state index in [1.165, 1.54) is 10.8 Å². The predicted octanol–water partition coefficient (Wildman–Crippen LogP) is 3.78. The summed E-state index contributed by atoms with van der Waals surface area (Å²) < 4.78 is 0. The Labute approximate surface area is 139 Å². The number of fused-ring (bicyclic) bond motifs is 1. The molecule has 0 fully saturated rings. The molecule has 0 aliphatic rings. The van der Waals surface area contributed by atoms with E-state index in [-0.39, 0.29) is 17.9 Å². The minimum Gasteiger partial charge on any atom is -0.345 e. The zero-order valence-electron chi connectivity index (χ0n) is 14.6. The number of rotatable bonds is 6. The van der Waals surface area contributed by atoms with E-state index in [4.69, 9.17) is 5.73 Å². The van der Waals surface area contributed by atoms with Crippen molar-refractivity contribution in [2.45, 2.75) is 39.2 Å². The Morgan fingerprint density at radius 3 is 2.39 bits per heavy atom. The minimum absolute atomic E-state index is 0.139. The molecule has 2 N–H and O–H groups in total. The molecule has 2 rings (SSSR count).